The Labute approximate surface area is 130 Å². The molecule has 0 bridgehead atoms. The zero-order chi connectivity index (χ0) is 16.1. The first-order chi connectivity index (χ1) is 11.1. The van der Waals surface area contributed by atoms with E-state index in [1.807, 2.05) is 33.7 Å². The molecule has 118 valence electrons. The fraction of sp³-hybridized carbons (Fsp3) is 0.267. The predicted octanol–water partition coefficient (Wildman–Crippen LogP) is 0.584. The Morgan fingerprint density at radius 2 is 2.09 bits per heavy atom. The number of hydrogen-bond donors (Lipinski definition) is 1. The van der Waals surface area contributed by atoms with Crippen molar-refractivity contribution >= 4 is 22.8 Å². The number of fused-ring (bicyclic) bond motifs is 3. The van der Waals surface area contributed by atoms with Crippen LogP contribution in [-0.2, 0) is 13.6 Å². The van der Waals surface area contributed by atoms with Gasteiger partial charge in [-0.1, -0.05) is 6.07 Å². The lowest BCUT2D eigenvalue weighted by molar-refractivity contribution is 0.415. The molecule has 0 radical (unpaired) electrons. The molecule has 0 aliphatic carbocycles. The van der Waals surface area contributed by atoms with Crippen molar-refractivity contribution in [1.29, 1.82) is 0 Å². The summed E-state index contributed by atoms with van der Waals surface area (Å²) in [6.07, 6.45) is 0. The van der Waals surface area contributed by atoms with E-state index in [4.69, 9.17) is 4.74 Å². The Morgan fingerprint density at radius 1 is 1.26 bits per heavy atom. The second-order valence-electron chi connectivity index (χ2n) is 5.41. The molecule has 0 unspecified atom stereocenters. The van der Waals surface area contributed by atoms with Crippen LogP contribution >= 0.6 is 0 Å². The fourth-order valence-corrected chi connectivity index (χ4v) is 2.96. The molecule has 8 nitrogen and oxygen atoms in total. The molecule has 23 heavy (non-hydrogen) atoms. The second kappa shape index (κ2) is 4.73. The minimum Gasteiger partial charge on any atom is -0.497 e. The van der Waals surface area contributed by atoms with Gasteiger partial charge in [0.2, 0.25) is 5.95 Å². The lowest BCUT2D eigenvalue weighted by Crippen LogP contribution is -2.29. The molecule has 0 saturated carbocycles. The quantitative estimate of drug-likeness (QED) is 0.748. The van der Waals surface area contributed by atoms with Gasteiger partial charge in [0.25, 0.3) is 5.56 Å². The van der Waals surface area contributed by atoms with Crippen molar-refractivity contribution in [2.75, 3.05) is 18.6 Å². The van der Waals surface area contributed by atoms with Gasteiger partial charge in [0.15, 0.2) is 11.2 Å². The van der Waals surface area contributed by atoms with Crippen molar-refractivity contribution in [3.63, 3.8) is 0 Å². The Balaban J connectivity index is 1.94. The number of aryl methyl sites for hydroxylation is 1. The molecule has 1 aromatic carbocycles. The molecule has 3 heterocycles. The molecule has 1 N–H and O–H groups in total. The Morgan fingerprint density at radius 3 is 2.87 bits per heavy atom. The van der Waals surface area contributed by atoms with E-state index < -0.39 is 11.2 Å². The standard InChI is InChI=1S/C15H15N5O3/c1-18-12-11(13(21)17-15(18)22)20-7-6-19(14(20)16-12)9-4-3-5-10(8-9)23-2/h3-5,8H,6-7H2,1-2H3,(H,17,21,22). The highest BCUT2D eigenvalue weighted by Gasteiger charge is 2.27. The van der Waals surface area contributed by atoms with E-state index in [2.05, 4.69) is 9.97 Å². The van der Waals surface area contributed by atoms with Crippen LogP contribution in [0.4, 0.5) is 11.6 Å². The maximum absolute atomic E-state index is 12.1. The van der Waals surface area contributed by atoms with E-state index in [9.17, 15) is 9.59 Å². The summed E-state index contributed by atoms with van der Waals surface area (Å²) in [7, 11) is 3.22. The van der Waals surface area contributed by atoms with Crippen molar-refractivity contribution in [3.8, 4) is 5.75 Å². The summed E-state index contributed by atoms with van der Waals surface area (Å²) in [4.78, 5) is 32.7. The van der Waals surface area contributed by atoms with Crippen molar-refractivity contribution in [2.45, 2.75) is 6.54 Å². The van der Waals surface area contributed by atoms with E-state index in [1.165, 1.54) is 4.57 Å². The number of aromatic nitrogens is 4. The van der Waals surface area contributed by atoms with Crippen LogP contribution in [0.2, 0.25) is 0 Å². The Bertz CT molecular complexity index is 1030. The normalized spacial score (nSPS) is 13.6. The smallest absolute Gasteiger partial charge is 0.329 e. The number of hydrogen-bond acceptors (Lipinski definition) is 5. The van der Waals surface area contributed by atoms with Gasteiger partial charge in [0.05, 0.1) is 7.11 Å². The highest BCUT2D eigenvalue weighted by Crippen LogP contribution is 2.32. The first-order valence-corrected chi connectivity index (χ1v) is 7.21. The molecular weight excluding hydrogens is 298 g/mol. The van der Waals surface area contributed by atoms with Crippen LogP contribution in [0.3, 0.4) is 0 Å². The predicted molar refractivity (Wildman–Crippen MR) is 85.6 cm³/mol. The van der Waals surface area contributed by atoms with Crippen LogP contribution in [0.25, 0.3) is 11.2 Å². The third-order valence-electron chi connectivity index (χ3n) is 4.14. The van der Waals surface area contributed by atoms with Gasteiger partial charge in [-0.3, -0.25) is 14.3 Å². The number of nitrogens with zero attached hydrogens (tertiary/aromatic N) is 4. The molecule has 0 atom stereocenters. The molecule has 2 aromatic heterocycles. The van der Waals surface area contributed by atoms with Crippen LogP contribution in [-0.4, -0.2) is 32.8 Å². The van der Waals surface area contributed by atoms with E-state index in [1.54, 1.807) is 14.2 Å². The summed E-state index contributed by atoms with van der Waals surface area (Å²) in [5.74, 6) is 1.40. The summed E-state index contributed by atoms with van der Waals surface area (Å²) >= 11 is 0. The largest absolute Gasteiger partial charge is 0.497 e. The van der Waals surface area contributed by atoms with Gasteiger partial charge >= 0.3 is 5.69 Å². The third-order valence-corrected chi connectivity index (χ3v) is 4.14. The van der Waals surface area contributed by atoms with E-state index in [0.29, 0.717) is 30.2 Å². The number of methoxy groups -OCH3 is 1. The molecule has 3 aromatic rings. The summed E-state index contributed by atoms with van der Waals surface area (Å²) in [6, 6.07) is 7.65. The van der Waals surface area contributed by atoms with E-state index >= 15 is 0 Å². The SMILES string of the molecule is COc1cccc(N2CCn3c2nc2c3c(=O)[nH]c(=O)n2C)c1. The van der Waals surface area contributed by atoms with Gasteiger partial charge < -0.3 is 14.2 Å². The summed E-state index contributed by atoms with van der Waals surface area (Å²) in [5.41, 5.74) is 0.871. The maximum atomic E-state index is 12.1. The van der Waals surface area contributed by atoms with Gasteiger partial charge in [-0.05, 0) is 12.1 Å². The lowest BCUT2D eigenvalue weighted by atomic mass is 10.3. The van der Waals surface area contributed by atoms with Crippen molar-refractivity contribution in [2.24, 2.45) is 7.05 Å². The minimum atomic E-state index is -0.466. The zero-order valence-electron chi connectivity index (χ0n) is 12.7. The Kier molecular flexibility index (Phi) is 2.80. The van der Waals surface area contributed by atoms with Gasteiger partial charge in [-0.15, -0.1) is 0 Å². The number of H-pyrrole nitrogens is 1. The molecule has 0 amide bonds. The fourth-order valence-electron chi connectivity index (χ4n) is 2.96. The third kappa shape index (κ3) is 1.88. The topological polar surface area (TPSA) is 85.2 Å². The number of anilines is 2. The second-order valence-corrected chi connectivity index (χ2v) is 5.41. The molecule has 1 aliphatic heterocycles. The summed E-state index contributed by atoms with van der Waals surface area (Å²) in [6.45, 7) is 1.33. The van der Waals surface area contributed by atoms with Gasteiger partial charge in [0, 0.05) is 31.9 Å². The van der Waals surface area contributed by atoms with E-state index in [0.717, 1.165) is 11.4 Å². The highest BCUT2D eigenvalue weighted by atomic mass is 16.5. The summed E-state index contributed by atoms with van der Waals surface area (Å²) < 4.78 is 8.45. The molecule has 1 aliphatic rings. The number of ether oxygens (including phenoxy) is 1. The van der Waals surface area contributed by atoms with Gasteiger partial charge in [-0.2, -0.15) is 4.98 Å². The van der Waals surface area contributed by atoms with Crippen molar-refractivity contribution in [1.82, 2.24) is 19.1 Å². The average Bonchev–Trinajstić information content (AvgIpc) is 3.11. The van der Waals surface area contributed by atoms with E-state index in [-0.39, 0.29) is 0 Å². The Hall–Kier alpha value is -3.03. The minimum absolute atomic E-state index is 0.390. The van der Waals surface area contributed by atoms with Crippen LogP contribution in [0.5, 0.6) is 5.75 Å². The lowest BCUT2D eigenvalue weighted by Gasteiger charge is -2.16. The molecule has 8 heteroatoms. The van der Waals surface area contributed by atoms with Gasteiger partial charge in [-0.25, -0.2) is 4.79 Å². The maximum Gasteiger partial charge on any atom is 0.329 e. The molecular formula is C15H15N5O3. The first kappa shape index (κ1) is 13.6. The zero-order valence-corrected chi connectivity index (χ0v) is 12.7. The number of rotatable bonds is 2. The molecule has 4 rings (SSSR count). The molecule has 0 fully saturated rings. The van der Waals surface area contributed by atoms with Crippen molar-refractivity contribution in [3.05, 3.63) is 45.1 Å². The first-order valence-electron chi connectivity index (χ1n) is 7.21. The van der Waals surface area contributed by atoms with Crippen LogP contribution < -0.4 is 20.9 Å². The summed E-state index contributed by atoms with van der Waals surface area (Å²) in [5, 5.41) is 0. The number of imidazole rings is 1. The van der Waals surface area contributed by atoms with Crippen LogP contribution in [0, 0.1) is 0 Å². The van der Waals surface area contributed by atoms with Crippen molar-refractivity contribution < 1.29 is 4.74 Å². The molecule has 0 saturated heterocycles. The average molecular weight is 313 g/mol. The van der Waals surface area contributed by atoms with Crippen LogP contribution in [0.1, 0.15) is 0 Å². The highest BCUT2D eigenvalue weighted by molar-refractivity contribution is 5.77. The number of benzene rings is 1. The number of aromatic amines is 1. The molecule has 0 spiro atoms. The van der Waals surface area contributed by atoms with Gasteiger partial charge in [0.1, 0.15) is 5.75 Å². The van der Waals surface area contributed by atoms with Crippen LogP contribution in [0.15, 0.2) is 33.9 Å². The monoisotopic (exact) mass is 313 g/mol. The number of nitrogens with one attached hydrogen (secondary N) is 1.